The van der Waals surface area contributed by atoms with Gasteiger partial charge in [-0.15, -0.1) is 0 Å². The molecule has 1 N–H and O–H groups in total. The van der Waals surface area contributed by atoms with Gasteiger partial charge in [-0.3, -0.25) is 0 Å². The molecule has 4 nitrogen and oxygen atoms in total. The fourth-order valence-electron chi connectivity index (χ4n) is 2.74. The fraction of sp³-hybridized carbons (Fsp3) is 0.600. The number of nitrogens with one attached hydrogen (secondary N) is 1. The van der Waals surface area contributed by atoms with Crippen molar-refractivity contribution in [2.24, 2.45) is 0 Å². The van der Waals surface area contributed by atoms with Crippen LogP contribution in [0.25, 0.3) is 0 Å². The molecule has 0 saturated heterocycles. The van der Waals surface area contributed by atoms with Crippen LogP contribution in [0.1, 0.15) is 31.9 Å². The van der Waals surface area contributed by atoms with Gasteiger partial charge in [-0.2, -0.15) is 0 Å². The molecule has 2 rings (SSSR count). The molecule has 0 spiro atoms. The lowest BCUT2D eigenvalue weighted by molar-refractivity contribution is 0.296. The summed E-state index contributed by atoms with van der Waals surface area (Å²) >= 11 is 0. The summed E-state index contributed by atoms with van der Waals surface area (Å²) in [6.45, 7) is 8.37. The highest BCUT2D eigenvalue weighted by atomic mass is 32.2. The van der Waals surface area contributed by atoms with E-state index in [9.17, 15) is 8.42 Å². The Balaban J connectivity index is 1.90. The first-order valence-corrected chi connectivity index (χ1v) is 9.01. The van der Waals surface area contributed by atoms with Gasteiger partial charge in [-0.25, -0.2) is 8.42 Å². The molecule has 1 aromatic carbocycles. The monoisotopic (exact) mass is 296 g/mol. The molecule has 0 fully saturated rings. The lowest BCUT2D eigenvalue weighted by atomic mass is 10.1. The maximum atomic E-state index is 12.0. The van der Waals surface area contributed by atoms with E-state index in [1.54, 1.807) is 12.1 Å². The summed E-state index contributed by atoms with van der Waals surface area (Å²) in [6.07, 6.45) is 1.04. The molecule has 0 radical (unpaired) electrons. The van der Waals surface area contributed by atoms with E-state index >= 15 is 0 Å². The number of hydrogen-bond donors (Lipinski definition) is 1. The fourth-order valence-corrected chi connectivity index (χ4v) is 4.51. The second kappa shape index (κ2) is 6.70. The van der Waals surface area contributed by atoms with E-state index in [0.29, 0.717) is 4.90 Å². The number of nitrogens with zero attached hydrogens (tertiary/aromatic N) is 1. The van der Waals surface area contributed by atoms with E-state index < -0.39 is 9.84 Å². The Hall–Kier alpha value is -0.910. The van der Waals surface area contributed by atoms with Crippen molar-refractivity contribution >= 4 is 9.84 Å². The zero-order valence-electron chi connectivity index (χ0n) is 12.3. The summed E-state index contributed by atoms with van der Waals surface area (Å²) < 4.78 is 24.1. The van der Waals surface area contributed by atoms with Crippen molar-refractivity contribution < 1.29 is 8.42 Å². The topological polar surface area (TPSA) is 49.4 Å². The normalized spacial score (nSPS) is 20.2. The molecule has 0 aliphatic carbocycles. The van der Waals surface area contributed by atoms with Crippen LogP contribution in [0.3, 0.4) is 0 Å². The molecule has 5 heteroatoms. The van der Waals surface area contributed by atoms with Gasteiger partial charge in [0, 0.05) is 6.04 Å². The van der Waals surface area contributed by atoms with Crippen LogP contribution in [0.2, 0.25) is 0 Å². The van der Waals surface area contributed by atoms with Gasteiger partial charge in [-0.1, -0.05) is 32.0 Å². The predicted octanol–water partition coefficient (Wildman–Crippen LogP) is 1.84. The minimum absolute atomic E-state index is 0.0482. The Labute approximate surface area is 122 Å². The van der Waals surface area contributed by atoms with Crippen LogP contribution in [0.4, 0.5) is 0 Å². The zero-order chi connectivity index (χ0) is 14.6. The van der Waals surface area contributed by atoms with Crippen molar-refractivity contribution in [1.82, 2.24) is 10.2 Å². The minimum atomic E-state index is -3.09. The molecule has 0 saturated carbocycles. The quantitative estimate of drug-likeness (QED) is 0.780. The molecule has 0 aromatic heterocycles. The van der Waals surface area contributed by atoms with E-state index in [4.69, 9.17) is 0 Å². The van der Waals surface area contributed by atoms with Gasteiger partial charge in [0.1, 0.15) is 0 Å². The predicted molar refractivity (Wildman–Crippen MR) is 81.6 cm³/mol. The number of sulfone groups is 1. The van der Waals surface area contributed by atoms with Crippen molar-refractivity contribution in [3.63, 3.8) is 0 Å². The third kappa shape index (κ3) is 3.40. The van der Waals surface area contributed by atoms with Crippen LogP contribution in [0, 0.1) is 0 Å². The Bertz CT molecular complexity index is 539. The first-order chi connectivity index (χ1) is 9.58. The molecule has 0 amide bonds. The van der Waals surface area contributed by atoms with Gasteiger partial charge in [0.25, 0.3) is 0 Å². The third-order valence-corrected chi connectivity index (χ3v) is 5.77. The molecule has 1 aliphatic heterocycles. The van der Waals surface area contributed by atoms with Crippen LogP contribution in [0.15, 0.2) is 29.2 Å². The average Bonchev–Trinajstić information content (AvgIpc) is 2.71. The maximum Gasteiger partial charge on any atom is 0.180 e. The van der Waals surface area contributed by atoms with Crippen molar-refractivity contribution in [2.75, 3.05) is 31.9 Å². The number of benzene rings is 1. The number of fused-ring (bicyclic) bond motifs is 1. The molecule has 1 atom stereocenters. The van der Waals surface area contributed by atoms with E-state index in [-0.39, 0.29) is 11.8 Å². The maximum absolute atomic E-state index is 12.0. The van der Waals surface area contributed by atoms with Crippen LogP contribution < -0.4 is 5.32 Å². The Kier molecular flexibility index (Phi) is 5.18. The van der Waals surface area contributed by atoms with E-state index in [1.165, 1.54) is 0 Å². The van der Waals surface area contributed by atoms with Gasteiger partial charge >= 0.3 is 0 Å². The van der Waals surface area contributed by atoms with Gasteiger partial charge in [0.2, 0.25) is 0 Å². The molecular weight excluding hydrogens is 272 g/mol. The second-order valence-corrected chi connectivity index (χ2v) is 7.21. The lowest BCUT2D eigenvalue weighted by Gasteiger charge is -2.19. The minimum Gasteiger partial charge on any atom is -0.309 e. The molecular formula is C15H24N2O2S. The SMILES string of the molecule is CCN(CC)CCCNC1CS(=O)(=O)c2ccccc21. The van der Waals surface area contributed by atoms with Crippen LogP contribution in [0.5, 0.6) is 0 Å². The molecule has 20 heavy (non-hydrogen) atoms. The van der Waals surface area contributed by atoms with Crippen molar-refractivity contribution in [3.05, 3.63) is 29.8 Å². The molecule has 112 valence electrons. The summed E-state index contributed by atoms with van der Waals surface area (Å²) in [5, 5.41) is 3.39. The smallest absolute Gasteiger partial charge is 0.180 e. The highest BCUT2D eigenvalue weighted by Gasteiger charge is 2.33. The molecule has 0 bridgehead atoms. The van der Waals surface area contributed by atoms with E-state index in [1.807, 2.05) is 12.1 Å². The zero-order valence-corrected chi connectivity index (χ0v) is 13.1. The summed E-state index contributed by atoms with van der Waals surface area (Å²) in [6, 6.07) is 7.28. The number of rotatable bonds is 7. The van der Waals surface area contributed by atoms with E-state index in [2.05, 4.69) is 24.1 Å². The van der Waals surface area contributed by atoms with Gasteiger partial charge in [0.15, 0.2) is 9.84 Å². The summed E-state index contributed by atoms with van der Waals surface area (Å²) in [4.78, 5) is 2.88. The number of hydrogen-bond acceptors (Lipinski definition) is 4. The summed E-state index contributed by atoms with van der Waals surface area (Å²) in [5.74, 6) is 0.192. The van der Waals surface area contributed by atoms with E-state index in [0.717, 1.165) is 38.2 Å². The van der Waals surface area contributed by atoms with Crippen molar-refractivity contribution in [2.45, 2.75) is 31.2 Å². The third-order valence-electron chi connectivity index (χ3n) is 3.95. The molecule has 1 unspecified atom stereocenters. The van der Waals surface area contributed by atoms with Crippen molar-refractivity contribution in [1.29, 1.82) is 0 Å². The second-order valence-electron chi connectivity index (χ2n) is 5.21. The first-order valence-electron chi connectivity index (χ1n) is 7.36. The largest absolute Gasteiger partial charge is 0.309 e. The van der Waals surface area contributed by atoms with Crippen LogP contribution in [-0.2, 0) is 9.84 Å². The first kappa shape index (κ1) is 15.5. The standard InChI is InChI=1S/C15H24N2O2S/c1-3-17(4-2)11-7-10-16-14-12-20(18,19)15-9-6-5-8-13(14)15/h5-6,8-9,14,16H,3-4,7,10-12H2,1-2H3. The highest BCUT2D eigenvalue weighted by Crippen LogP contribution is 2.32. The van der Waals surface area contributed by atoms with Crippen molar-refractivity contribution in [3.8, 4) is 0 Å². The molecule has 1 aromatic rings. The molecule has 1 aliphatic rings. The van der Waals surface area contributed by atoms with Gasteiger partial charge in [-0.05, 0) is 44.2 Å². The highest BCUT2D eigenvalue weighted by molar-refractivity contribution is 7.91. The molecule has 1 heterocycles. The average molecular weight is 296 g/mol. The van der Waals surface area contributed by atoms with Crippen LogP contribution in [-0.4, -0.2) is 45.2 Å². The Morgan fingerprint density at radius 2 is 1.95 bits per heavy atom. The van der Waals surface area contributed by atoms with Gasteiger partial charge < -0.3 is 10.2 Å². The summed E-state index contributed by atoms with van der Waals surface area (Å²) in [7, 11) is -3.09. The lowest BCUT2D eigenvalue weighted by Crippen LogP contribution is -2.29. The Morgan fingerprint density at radius 3 is 2.65 bits per heavy atom. The Morgan fingerprint density at radius 1 is 1.25 bits per heavy atom. The van der Waals surface area contributed by atoms with Crippen LogP contribution >= 0.6 is 0 Å². The summed E-state index contributed by atoms with van der Waals surface area (Å²) in [5.41, 5.74) is 0.926. The van der Waals surface area contributed by atoms with Gasteiger partial charge in [0.05, 0.1) is 10.6 Å².